The predicted octanol–water partition coefficient (Wildman–Crippen LogP) is 4.18. The summed E-state index contributed by atoms with van der Waals surface area (Å²) in [6.45, 7) is 5.72. The Kier molecular flexibility index (Phi) is 4.02. The van der Waals surface area contributed by atoms with Crippen molar-refractivity contribution in [3.05, 3.63) is 53.9 Å². The van der Waals surface area contributed by atoms with Crippen LogP contribution >= 0.6 is 0 Å². The molecule has 5 nitrogen and oxygen atoms in total. The van der Waals surface area contributed by atoms with Gasteiger partial charge in [0, 0.05) is 18.2 Å². The molecule has 0 atom stereocenters. The number of aromatic nitrogens is 1. The quantitative estimate of drug-likeness (QED) is 0.785. The highest BCUT2D eigenvalue weighted by molar-refractivity contribution is 6.05. The minimum absolute atomic E-state index is 0.119. The largest absolute Gasteiger partial charge is 0.491 e. The highest BCUT2D eigenvalue weighted by Gasteiger charge is 2.10. The van der Waals surface area contributed by atoms with E-state index in [1.807, 2.05) is 38.1 Å². The number of hydrogen-bond acceptors (Lipinski definition) is 4. The molecule has 0 bridgehead atoms. The van der Waals surface area contributed by atoms with Crippen LogP contribution in [-0.4, -0.2) is 17.0 Å². The molecular formula is C18H18N2O3. The number of ether oxygens (including phenoxy) is 1. The van der Waals surface area contributed by atoms with E-state index in [0.29, 0.717) is 28.2 Å². The number of carbonyl (C=O) groups excluding carboxylic acids is 1. The Hall–Kier alpha value is -2.82. The number of anilines is 1. The summed E-state index contributed by atoms with van der Waals surface area (Å²) in [5.74, 6) is 1.17. The molecule has 0 saturated carbocycles. The van der Waals surface area contributed by atoms with Gasteiger partial charge in [0.1, 0.15) is 11.3 Å². The van der Waals surface area contributed by atoms with Gasteiger partial charge in [0.2, 0.25) is 0 Å². The smallest absolute Gasteiger partial charge is 0.255 e. The zero-order valence-electron chi connectivity index (χ0n) is 13.3. The molecule has 0 aliphatic heterocycles. The number of oxazole rings is 1. The standard InChI is InChI=1S/C18H18N2O3/c1-11(2)22-15-7-5-14(6-8-15)20-18(21)13-4-9-17-16(10-13)19-12(3)23-17/h4-11H,1-3H3,(H,20,21). The van der Waals surface area contributed by atoms with E-state index in [-0.39, 0.29) is 12.0 Å². The van der Waals surface area contributed by atoms with Crippen LogP contribution in [0.3, 0.4) is 0 Å². The Labute approximate surface area is 134 Å². The van der Waals surface area contributed by atoms with E-state index in [1.165, 1.54) is 0 Å². The molecule has 5 heteroatoms. The van der Waals surface area contributed by atoms with Crippen LogP contribution in [0.25, 0.3) is 11.1 Å². The van der Waals surface area contributed by atoms with Gasteiger partial charge in [-0.25, -0.2) is 4.98 Å². The summed E-state index contributed by atoms with van der Waals surface area (Å²) in [4.78, 5) is 16.6. The fraction of sp³-hybridized carbons (Fsp3) is 0.222. The van der Waals surface area contributed by atoms with E-state index in [0.717, 1.165) is 5.75 Å². The summed E-state index contributed by atoms with van der Waals surface area (Å²) in [5.41, 5.74) is 2.60. The number of rotatable bonds is 4. The molecule has 118 valence electrons. The van der Waals surface area contributed by atoms with E-state index < -0.39 is 0 Å². The van der Waals surface area contributed by atoms with Gasteiger partial charge in [0.05, 0.1) is 6.10 Å². The zero-order valence-corrected chi connectivity index (χ0v) is 13.3. The number of nitrogens with one attached hydrogen (secondary N) is 1. The molecule has 3 rings (SSSR count). The fourth-order valence-corrected chi connectivity index (χ4v) is 2.28. The molecule has 0 spiro atoms. The first-order chi connectivity index (χ1) is 11.0. The van der Waals surface area contributed by atoms with Crippen molar-refractivity contribution in [3.8, 4) is 5.75 Å². The highest BCUT2D eigenvalue weighted by Crippen LogP contribution is 2.20. The lowest BCUT2D eigenvalue weighted by molar-refractivity contribution is 0.102. The van der Waals surface area contributed by atoms with Crippen molar-refractivity contribution in [2.24, 2.45) is 0 Å². The molecule has 23 heavy (non-hydrogen) atoms. The maximum atomic E-state index is 12.3. The molecule has 2 aromatic carbocycles. The van der Waals surface area contributed by atoms with Crippen LogP contribution in [0.15, 0.2) is 46.9 Å². The zero-order chi connectivity index (χ0) is 16.4. The molecule has 1 amide bonds. The van der Waals surface area contributed by atoms with Gasteiger partial charge in [-0.05, 0) is 56.3 Å². The SMILES string of the molecule is Cc1nc2cc(C(=O)Nc3ccc(OC(C)C)cc3)ccc2o1. The first-order valence-corrected chi connectivity index (χ1v) is 7.46. The van der Waals surface area contributed by atoms with Crippen molar-refractivity contribution >= 4 is 22.7 Å². The number of carbonyl (C=O) groups is 1. The molecule has 0 aliphatic carbocycles. The lowest BCUT2D eigenvalue weighted by Crippen LogP contribution is -2.12. The highest BCUT2D eigenvalue weighted by atomic mass is 16.5. The summed E-state index contributed by atoms with van der Waals surface area (Å²) in [7, 11) is 0. The third-order valence-corrected chi connectivity index (χ3v) is 3.24. The maximum Gasteiger partial charge on any atom is 0.255 e. The Morgan fingerprint density at radius 1 is 1.17 bits per heavy atom. The van der Waals surface area contributed by atoms with Crippen LogP contribution in [0, 0.1) is 6.92 Å². The Balaban J connectivity index is 1.74. The van der Waals surface area contributed by atoms with Crippen molar-refractivity contribution in [2.45, 2.75) is 26.9 Å². The normalized spacial score (nSPS) is 11.0. The molecular weight excluding hydrogens is 292 g/mol. The van der Waals surface area contributed by atoms with Crippen molar-refractivity contribution < 1.29 is 13.9 Å². The number of nitrogens with zero attached hydrogens (tertiary/aromatic N) is 1. The van der Waals surface area contributed by atoms with Crippen molar-refractivity contribution in [2.75, 3.05) is 5.32 Å². The number of aryl methyl sites for hydroxylation is 1. The third-order valence-electron chi connectivity index (χ3n) is 3.24. The van der Waals surface area contributed by atoms with Crippen molar-refractivity contribution in [3.63, 3.8) is 0 Å². The van der Waals surface area contributed by atoms with Crippen LogP contribution < -0.4 is 10.1 Å². The van der Waals surface area contributed by atoms with E-state index >= 15 is 0 Å². The number of hydrogen-bond donors (Lipinski definition) is 1. The van der Waals surface area contributed by atoms with Crippen molar-refractivity contribution in [1.29, 1.82) is 0 Å². The van der Waals surface area contributed by atoms with Crippen LogP contribution in [0.1, 0.15) is 30.1 Å². The average molecular weight is 310 g/mol. The number of amides is 1. The molecule has 1 heterocycles. The molecule has 0 radical (unpaired) electrons. The van der Waals surface area contributed by atoms with Gasteiger partial charge >= 0.3 is 0 Å². The van der Waals surface area contributed by atoms with E-state index in [4.69, 9.17) is 9.15 Å². The topological polar surface area (TPSA) is 64.4 Å². The minimum Gasteiger partial charge on any atom is -0.491 e. The van der Waals surface area contributed by atoms with Crippen LogP contribution in [0.4, 0.5) is 5.69 Å². The summed E-state index contributed by atoms with van der Waals surface area (Å²) < 4.78 is 11.0. The van der Waals surface area contributed by atoms with Crippen LogP contribution in [0.5, 0.6) is 5.75 Å². The monoisotopic (exact) mass is 310 g/mol. The van der Waals surface area contributed by atoms with Gasteiger partial charge < -0.3 is 14.5 Å². The molecule has 0 unspecified atom stereocenters. The number of fused-ring (bicyclic) bond motifs is 1. The van der Waals surface area contributed by atoms with Crippen LogP contribution in [0.2, 0.25) is 0 Å². The maximum absolute atomic E-state index is 12.3. The molecule has 0 fully saturated rings. The van der Waals surface area contributed by atoms with Crippen molar-refractivity contribution in [1.82, 2.24) is 4.98 Å². The van der Waals surface area contributed by atoms with E-state index in [1.54, 1.807) is 25.1 Å². The number of benzene rings is 2. The minimum atomic E-state index is -0.190. The molecule has 0 aliphatic rings. The van der Waals surface area contributed by atoms with Gasteiger partial charge in [-0.3, -0.25) is 4.79 Å². The second-order valence-corrected chi connectivity index (χ2v) is 5.56. The summed E-state index contributed by atoms with van der Waals surface area (Å²) >= 11 is 0. The summed E-state index contributed by atoms with van der Waals surface area (Å²) in [5, 5.41) is 2.86. The van der Waals surface area contributed by atoms with Gasteiger partial charge in [-0.2, -0.15) is 0 Å². The molecule has 0 saturated heterocycles. The van der Waals surface area contributed by atoms with Crippen LogP contribution in [-0.2, 0) is 0 Å². The predicted molar refractivity (Wildman–Crippen MR) is 88.9 cm³/mol. The van der Waals surface area contributed by atoms with E-state index in [9.17, 15) is 4.79 Å². The lowest BCUT2D eigenvalue weighted by Gasteiger charge is -2.10. The molecule has 3 aromatic rings. The molecule has 1 N–H and O–H groups in total. The first-order valence-electron chi connectivity index (χ1n) is 7.46. The van der Waals surface area contributed by atoms with E-state index in [2.05, 4.69) is 10.3 Å². The van der Waals surface area contributed by atoms with Gasteiger partial charge in [-0.15, -0.1) is 0 Å². The Morgan fingerprint density at radius 2 is 1.91 bits per heavy atom. The molecule has 1 aromatic heterocycles. The Morgan fingerprint density at radius 3 is 2.61 bits per heavy atom. The Bertz CT molecular complexity index is 835. The third kappa shape index (κ3) is 3.51. The summed E-state index contributed by atoms with van der Waals surface area (Å²) in [6, 6.07) is 12.5. The summed E-state index contributed by atoms with van der Waals surface area (Å²) in [6.07, 6.45) is 0.119. The second kappa shape index (κ2) is 6.12. The fourth-order valence-electron chi connectivity index (χ4n) is 2.28. The average Bonchev–Trinajstić information content (AvgIpc) is 2.87. The first kappa shape index (κ1) is 15.1. The van der Waals surface area contributed by atoms with Gasteiger partial charge in [0.15, 0.2) is 11.5 Å². The lowest BCUT2D eigenvalue weighted by atomic mass is 10.2. The second-order valence-electron chi connectivity index (χ2n) is 5.56. The van der Waals surface area contributed by atoms with Gasteiger partial charge in [-0.1, -0.05) is 0 Å². The van der Waals surface area contributed by atoms with Gasteiger partial charge in [0.25, 0.3) is 5.91 Å².